The van der Waals surface area contributed by atoms with Crippen molar-refractivity contribution < 1.29 is 13.6 Å². The average Bonchev–Trinajstić information content (AvgIpc) is 3.42. The van der Waals surface area contributed by atoms with E-state index in [4.69, 9.17) is 8.83 Å². The van der Waals surface area contributed by atoms with Crippen molar-refractivity contribution in [3.63, 3.8) is 0 Å². The van der Waals surface area contributed by atoms with Gasteiger partial charge in [-0.25, -0.2) is 0 Å². The number of nitrogens with zero attached hydrogens (tertiary/aromatic N) is 4. The van der Waals surface area contributed by atoms with Gasteiger partial charge in [0.15, 0.2) is 0 Å². The number of hydrogen-bond donors (Lipinski definition) is 0. The summed E-state index contributed by atoms with van der Waals surface area (Å²) in [5.74, 6) is 1.18. The Labute approximate surface area is 148 Å². The summed E-state index contributed by atoms with van der Waals surface area (Å²) in [5.41, 5.74) is 0.596. The van der Waals surface area contributed by atoms with Crippen LogP contribution < -0.4 is 0 Å². The summed E-state index contributed by atoms with van der Waals surface area (Å²) < 4.78 is 10.8. The van der Waals surface area contributed by atoms with Crippen LogP contribution in [0.4, 0.5) is 0 Å². The fourth-order valence-corrected chi connectivity index (χ4v) is 3.58. The molecule has 0 aromatic carbocycles. The lowest BCUT2D eigenvalue weighted by molar-refractivity contribution is 0.0558. The minimum Gasteiger partial charge on any atom is -0.472 e. The van der Waals surface area contributed by atoms with Crippen LogP contribution in [0.2, 0.25) is 0 Å². The molecule has 1 aliphatic heterocycles. The molecule has 0 radical (unpaired) electrons. The van der Waals surface area contributed by atoms with Crippen LogP contribution in [-0.2, 0) is 0 Å². The molecule has 0 bridgehead atoms. The Morgan fingerprint density at radius 3 is 2.76 bits per heavy atom. The number of aromatic nitrogens is 2. The summed E-state index contributed by atoms with van der Waals surface area (Å²) in [6.45, 7) is 4.92. The highest BCUT2D eigenvalue weighted by molar-refractivity contribution is 7.13. The first-order chi connectivity index (χ1) is 12.2. The van der Waals surface area contributed by atoms with Crippen molar-refractivity contribution in [3.8, 4) is 10.8 Å². The van der Waals surface area contributed by atoms with Gasteiger partial charge in [0.1, 0.15) is 6.26 Å². The molecular weight excluding hydrogens is 340 g/mol. The molecule has 1 amide bonds. The minimum absolute atomic E-state index is 0.0128. The largest absolute Gasteiger partial charge is 0.472 e. The zero-order valence-electron chi connectivity index (χ0n) is 13.8. The molecule has 25 heavy (non-hydrogen) atoms. The number of furan rings is 1. The van der Waals surface area contributed by atoms with Crippen LogP contribution in [-0.4, -0.2) is 52.1 Å². The molecular formula is C17H18N4O3S. The first-order valence-corrected chi connectivity index (χ1v) is 9.03. The first kappa shape index (κ1) is 16.0. The van der Waals surface area contributed by atoms with E-state index in [9.17, 15) is 4.79 Å². The van der Waals surface area contributed by atoms with Crippen molar-refractivity contribution in [2.45, 2.75) is 13.0 Å². The van der Waals surface area contributed by atoms with E-state index in [-0.39, 0.29) is 11.9 Å². The lowest BCUT2D eigenvalue weighted by Crippen LogP contribution is -2.49. The van der Waals surface area contributed by atoms with Crippen LogP contribution in [0.1, 0.15) is 29.2 Å². The molecule has 4 heterocycles. The SMILES string of the molecule is CC(c1nnc(-c2cccs2)o1)N1CCN(C(=O)c2ccoc2)CC1. The predicted molar refractivity (Wildman–Crippen MR) is 92.2 cm³/mol. The molecule has 1 aliphatic rings. The maximum absolute atomic E-state index is 12.3. The zero-order chi connectivity index (χ0) is 17.2. The smallest absolute Gasteiger partial charge is 0.257 e. The minimum atomic E-state index is 0.0128. The molecule has 1 fully saturated rings. The van der Waals surface area contributed by atoms with E-state index >= 15 is 0 Å². The van der Waals surface area contributed by atoms with Gasteiger partial charge in [-0.05, 0) is 24.4 Å². The molecule has 1 saturated heterocycles. The van der Waals surface area contributed by atoms with Crippen LogP contribution >= 0.6 is 11.3 Å². The van der Waals surface area contributed by atoms with Crippen LogP contribution in [0, 0.1) is 0 Å². The summed E-state index contributed by atoms with van der Waals surface area (Å²) in [7, 11) is 0. The number of carbonyl (C=O) groups excluding carboxylic acids is 1. The molecule has 1 atom stereocenters. The first-order valence-electron chi connectivity index (χ1n) is 8.15. The monoisotopic (exact) mass is 358 g/mol. The molecule has 0 N–H and O–H groups in total. The highest BCUT2D eigenvalue weighted by atomic mass is 32.1. The number of carbonyl (C=O) groups is 1. The van der Waals surface area contributed by atoms with Crippen LogP contribution in [0.15, 0.2) is 44.9 Å². The molecule has 1 unspecified atom stereocenters. The number of hydrogen-bond acceptors (Lipinski definition) is 7. The number of rotatable bonds is 4. The Kier molecular flexibility index (Phi) is 4.37. The van der Waals surface area contributed by atoms with E-state index < -0.39 is 0 Å². The molecule has 130 valence electrons. The van der Waals surface area contributed by atoms with Gasteiger partial charge in [-0.3, -0.25) is 9.69 Å². The number of piperazine rings is 1. The van der Waals surface area contributed by atoms with Crippen molar-refractivity contribution in [2.75, 3.05) is 26.2 Å². The fraction of sp³-hybridized carbons (Fsp3) is 0.353. The van der Waals surface area contributed by atoms with E-state index in [2.05, 4.69) is 22.0 Å². The zero-order valence-corrected chi connectivity index (χ0v) is 14.6. The van der Waals surface area contributed by atoms with Gasteiger partial charge in [0.25, 0.3) is 11.8 Å². The van der Waals surface area contributed by atoms with E-state index in [1.54, 1.807) is 17.4 Å². The standard InChI is InChI=1S/C17H18N4O3S/c1-12(15-18-19-16(24-15)14-3-2-10-25-14)20-5-7-21(8-6-20)17(22)13-4-9-23-11-13/h2-4,9-12H,5-8H2,1H3. The van der Waals surface area contributed by atoms with Gasteiger partial charge in [-0.15, -0.1) is 21.5 Å². The molecule has 0 saturated carbocycles. The Hall–Kier alpha value is -2.45. The van der Waals surface area contributed by atoms with E-state index in [0.717, 1.165) is 18.0 Å². The van der Waals surface area contributed by atoms with Gasteiger partial charge in [0.05, 0.1) is 22.7 Å². The molecule has 3 aromatic heterocycles. The van der Waals surface area contributed by atoms with E-state index in [1.165, 1.54) is 12.5 Å². The Morgan fingerprint density at radius 1 is 1.24 bits per heavy atom. The van der Waals surface area contributed by atoms with E-state index in [0.29, 0.717) is 30.4 Å². The Morgan fingerprint density at radius 2 is 2.08 bits per heavy atom. The second-order valence-electron chi connectivity index (χ2n) is 5.94. The van der Waals surface area contributed by atoms with Gasteiger partial charge in [-0.2, -0.15) is 0 Å². The normalized spacial score (nSPS) is 16.9. The summed E-state index contributed by atoms with van der Waals surface area (Å²) >= 11 is 1.58. The second-order valence-corrected chi connectivity index (χ2v) is 6.89. The molecule has 3 aromatic rings. The predicted octanol–water partition coefficient (Wildman–Crippen LogP) is 2.91. The van der Waals surface area contributed by atoms with Gasteiger partial charge in [-0.1, -0.05) is 6.07 Å². The highest BCUT2D eigenvalue weighted by Crippen LogP contribution is 2.27. The number of thiophene rings is 1. The average molecular weight is 358 g/mol. The summed E-state index contributed by atoms with van der Waals surface area (Å²) in [5, 5.41) is 10.3. The quantitative estimate of drug-likeness (QED) is 0.714. The van der Waals surface area contributed by atoms with Crippen molar-refractivity contribution in [3.05, 3.63) is 47.6 Å². The third kappa shape index (κ3) is 3.22. The van der Waals surface area contributed by atoms with Gasteiger partial charge in [0, 0.05) is 26.2 Å². The van der Waals surface area contributed by atoms with Crippen molar-refractivity contribution in [1.82, 2.24) is 20.0 Å². The van der Waals surface area contributed by atoms with Crippen LogP contribution in [0.3, 0.4) is 0 Å². The molecule has 4 rings (SSSR count). The molecule has 8 heteroatoms. The van der Waals surface area contributed by atoms with Crippen molar-refractivity contribution >= 4 is 17.2 Å². The lowest BCUT2D eigenvalue weighted by Gasteiger charge is -2.36. The van der Waals surface area contributed by atoms with Crippen molar-refractivity contribution in [2.24, 2.45) is 0 Å². The topological polar surface area (TPSA) is 75.6 Å². The fourth-order valence-electron chi connectivity index (χ4n) is 2.94. The highest BCUT2D eigenvalue weighted by Gasteiger charge is 2.28. The summed E-state index contributed by atoms with van der Waals surface area (Å²) in [4.78, 5) is 17.4. The van der Waals surface area contributed by atoms with Crippen LogP contribution in [0.25, 0.3) is 10.8 Å². The van der Waals surface area contributed by atoms with E-state index in [1.807, 2.05) is 22.4 Å². The molecule has 0 spiro atoms. The Bertz CT molecular complexity index is 820. The maximum atomic E-state index is 12.3. The number of amides is 1. The van der Waals surface area contributed by atoms with Gasteiger partial charge < -0.3 is 13.7 Å². The lowest BCUT2D eigenvalue weighted by atomic mass is 10.2. The van der Waals surface area contributed by atoms with Crippen LogP contribution in [0.5, 0.6) is 0 Å². The maximum Gasteiger partial charge on any atom is 0.257 e. The summed E-state index contributed by atoms with van der Waals surface area (Å²) in [6.07, 6.45) is 3.01. The molecule has 7 nitrogen and oxygen atoms in total. The van der Waals surface area contributed by atoms with Gasteiger partial charge in [0.2, 0.25) is 5.89 Å². The molecule has 0 aliphatic carbocycles. The third-order valence-corrected chi connectivity index (χ3v) is 5.31. The Balaban J connectivity index is 1.38. The second kappa shape index (κ2) is 6.81. The summed E-state index contributed by atoms with van der Waals surface area (Å²) in [6, 6.07) is 5.64. The third-order valence-electron chi connectivity index (χ3n) is 4.45. The van der Waals surface area contributed by atoms with Gasteiger partial charge >= 0.3 is 0 Å². The van der Waals surface area contributed by atoms with Crippen molar-refractivity contribution in [1.29, 1.82) is 0 Å².